The van der Waals surface area contributed by atoms with Crippen molar-refractivity contribution < 1.29 is 19.2 Å². The van der Waals surface area contributed by atoms with Gasteiger partial charge in [0.1, 0.15) is 16.8 Å². The lowest BCUT2D eigenvalue weighted by Gasteiger charge is -2.29. The summed E-state index contributed by atoms with van der Waals surface area (Å²) in [5, 5.41) is 20.8. The van der Waals surface area contributed by atoms with Crippen molar-refractivity contribution in [2.24, 2.45) is 33.8 Å². The highest BCUT2D eigenvalue weighted by Crippen LogP contribution is 2.58. The predicted molar refractivity (Wildman–Crippen MR) is 178 cm³/mol. The number of amides is 2. The molecule has 2 saturated carbocycles. The Bertz CT molecular complexity index is 1610. The second-order valence-electron chi connectivity index (χ2n) is 13.4. The van der Waals surface area contributed by atoms with Crippen LogP contribution in [0, 0.1) is 19.8 Å². The molecule has 1 aromatic heterocycles. The molecule has 47 heavy (non-hydrogen) atoms. The summed E-state index contributed by atoms with van der Waals surface area (Å²) in [7, 11) is 0. The van der Waals surface area contributed by atoms with Gasteiger partial charge in [-0.05, 0) is 106 Å². The zero-order valence-corrected chi connectivity index (χ0v) is 27.4. The Hall–Kier alpha value is -4.49. The van der Waals surface area contributed by atoms with Gasteiger partial charge >= 0.3 is 0 Å². The molecule has 13 nitrogen and oxygen atoms in total. The fourth-order valence-corrected chi connectivity index (χ4v) is 6.78. The van der Waals surface area contributed by atoms with E-state index >= 15 is 0 Å². The molecule has 2 fully saturated rings. The number of rotatable bonds is 15. The number of aliphatic imine (C=N–C) groups is 1. The molecule has 3 aromatic rings. The number of nitrogens with one attached hydrogen (secondary N) is 2. The summed E-state index contributed by atoms with van der Waals surface area (Å²) in [5.74, 6) is -0.142. The van der Waals surface area contributed by atoms with E-state index in [0.717, 1.165) is 35.1 Å². The van der Waals surface area contributed by atoms with E-state index in [2.05, 4.69) is 20.8 Å². The lowest BCUT2D eigenvalue weighted by Crippen LogP contribution is -2.60. The second-order valence-corrected chi connectivity index (χ2v) is 13.4. The summed E-state index contributed by atoms with van der Waals surface area (Å²) in [6, 6.07) is 13.2. The number of nitrogens with zero attached hydrogens (tertiary/aromatic N) is 3. The topological polar surface area (TPSA) is 234 Å². The van der Waals surface area contributed by atoms with Gasteiger partial charge in [-0.15, -0.1) is 0 Å². The van der Waals surface area contributed by atoms with Crippen molar-refractivity contribution in [3.8, 4) is 5.75 Å². The Labute approximate surface area is 274 Å². The van der Waals surface area contributed by atoms with Gasteiger partial charge in [-0.2, -0.15) is 4.98 Å². The third-order valence-electron chi connectivity index (χ3n) is 9.55. The molecule has 4 unspecified atom stereocenters. The predicted octanol–water partition coefficient (Wildman–Crippen LogP) is 1.87. The number of aromatic hydroxyl groups is 1. The molecule has 0 spiro atoms. The van der Waals surface area contributed by atoms with E-state index in [1.807, 2.05) is 44.2 Å². The lowest BCUT2D eigenvalue weighted by molar-refractivity contribution is -0.133. The first-order valence-electron chi connectivity index (χ1n) is 16.2. The highest BCUT2D eigenvalue weighted by atomic mass is 16.5. The third-order valence-corrected chi connectivity index (χ3v) is 9.55. The SMILES string of the molecule is Cc1cc(O)cc(C)c1C1CC1(NC(=O)C(C)(N)CCCN=C(N)N)C(=O)NC1(c2nc(Cc3ccccc3)no2)C[C@H]1CCCN. The van der Waals surface area contributed by atoms with Gasteiger partial charge in [-0.3, -0.25) is 14.6 Å². The fraction of sp³-hybridized carbons (Fsp3) is 0.500. The second kappa shape index (κ2) is 13.3. The number of benzene rings is 2. The van der Waals surface area contributed by atoms with Crippen LogP contribution in [0.15, 0.2) is 52.0 Å². The van der Waals surface area contributed by atoms with Gasteiger partial charge < -0.3 is 43.2 Å². The van der Waals surface area contributed by atoms with Crippen molar-refractivity contribution >= 4 is 17.8 Å². The molecule has 2 aromatic carbocycles. The number of carbonyl (C=O) groups is 2. The summed E-state index contributed by atoms with van der Waals surface area (Å²) in [6.07, 6.45) is 3.77. The van der Waals surface area contributed by atoms with Crippen LogP contribution in [0.3, 0.4) is 0 Å². The van der Waals surface area contributed by atoms with E-state index in [-0.39, 0.29) is 29.5 Å². The number of nitrogens with two attached hydrogens (primary N) is 4. The van der Waals surface area contributed by atoms with Gasteiger partial charge in [-0.25, -0.2) is 0 Å². The quantitative estimate of drug-likeness (QED) is 0.0720. The maximum atomic E-state index is 14.6. The molecule has 13 heteroatoms. The molecule has 0 saturated heterocycles. The standard InChI is InChI=1S/C34H47N9O4/c1-20-15-24(44)16-21(2)27(20)25-19-34(25,41-28(45)32(3,38)12-8-14-39-31(36)37)29(46)42-33(18-23(33)11-7-13-35)30-40-26(43-47-30)17-22-9-5-4-6-10-22/h4-6,9-10,15-16,23,25,44H,7-8,11-14,17-19,35,38H2,1-3H3,(H,41,45)(H,42,46)(H4,36,37,39)/t23-,25?,32?,33?,34?/m1/s1. The van der Waals surface area contributed by atoms with Crippen LogP contribution in [0.1, 0.15) is 85.3 Å². The van der Waals surface area contributed by atoms with Crippen LogP contribution in [0.5, 0.6) is 5.75 Å². The number of carbonyl (C=O) groups excluding carboxylic acids is 2. The minimum absolute atomic E-state index is 0.0311. The molecule has 252 valence electrons. The summed E-state index contributed by atoms with van der Waals surface area (Å²) < 4.78 is 5.81. The van der Waals surface area contributed by atoms with Crippen molar-refractivity contribution in [3.63, 3.8) is 0 Å². The van der Waals surface area contributed by atoms with Gasteiger partial charge in [-0.1, -0.05) is 35.5 Å². The van der Waals surface area contributed by atoms with Crippen LogP contribution >= 0.6 is 0 Å². The summed E-state index contributed by atoms with van der Waals surface area (Å²) in [4.78, 5) is 37.1. The molecule has 0 radical (unpaired) electrons. The van der Waals surface area contributed by atoms with Gasteiger partial charge in [0.15, 0.2) is 11.8 Å². The van der Waals surface area contributed by atoms with Crippen LogP contribution in [-0.2, 0) is 21.5 Å². The van der Waals surface area contributed by atoms with Crippen molar-refractivity contribution in [2.75, 3.05) is 13.1 Å². The van der Waals surface area contributed by atoms with Gasteiger partial charge in [0, 0.05) is 18.9 Å². The van der Waals surface area contributed by atoms with Crippen LogP contribution in [0.4, 0.5) is 0 Å². The molecule has 2 amide bonds. The summed E-state index contributed by atoms with van der Waals surface area (Å²) in [5.41, 5.74) is 23.4. The monoisotopic (exact) mass is 645 g/mol. The highest BCUT2D eigenvalue weighted by Gasteiger charge is 2.67. The Morgan fingerprint density at radius 3 is 2.47 bits per heavy atom. The van der Waals surface area contributed by atoms with Gasteiger partial charge in [0.2, 0.25) is 11.8 Å². The molecule has 2 aliphatic carbocycles. The average Bonchev–Trinajstić information content (AvgIpc) is 3.85. The molecule has 0 aliphatic heterocycles. The van der Waals surface area contributed by atoms with E-state index < -0.39 is 22.5 Å². The van der Waals surface area contributed by atoms with Crippen LogP contribution < -0.4 is 33.6 Å². The van der Waals surface area contributed by atoms with Crippen molar-refractivity contribution in [3.05, 3.63) is 76.4 Å². The Morgan fingerprint density at radius 2 is 1.81 bits per heavy atom. The van der Waals surface area contributed by atoms with E-state index in [0.29, 0.717) is 56.9 Å². The van der Waals surface area contributed by atoms with Crippen molar-refractivity contribution in [1.29, 1.82) is 0 Å². The van der Waals surface area contributed by atoms with Gasteiger partial charge in [0.05, 0.1) is 5.54 Å². The van der Waals surface area contributed by atoms with E-state index in [1.54, 1.807) is 19.1 Å². The minimum atomic E-state index is -1.29. The smallest absolute Gasteiger partial charge is 0.252 e. The molecular formula is C34H47N9O4. The normalized spacial score (nSPS) is 24.2. The molecule has 2 aliphatic rings. The Kier molecular flexibility index (Phi) is 9.60. The number of phenolic OH excluding ortho intramolecular Hbond substituents is 1. The average molecular weight is 646 g/mol. The first-order chi connectivity index (χ1) is 22.3. The molecule has 1 heterocycles. The molecule has 11 N–H and O–H groups in total. The van der Waals surface area contributed by atoms with E-state index in [4.69, 9.17) is 32.4 Å². The van der Waals surface area contributed by atoms with Gasteiger partial charge in [0.25, 0.3) is 5.89 Å². The van der Waals surface area contributed by atoms with Crippen molar-refractivity contribution in [2.45, 2.75) is 88.3 Å². The molecule has 5 rings (SSSR count). The Balaban J connectivity index is 1.43. The first kappa shape index (κ1) is 33.9. The van der Waals surface area contributed by atoms with E-state index in [1.165, 1.54) is 0 Å². The van der Waals surface area contributed by atoms with Crippen molar-refractivity contribution in [1.82, 2.24) is 20.8 Å². The summed E-state index contributed by atoms with van der Waals surface area (Å²) >= 11 is 0. The number of phenols is 1. The third kappa shape index (κ3) is 7.25. The summed E-state index contributed by atoms with van der Waals surface area (Å²) in [6.45, 7) is 6.25. The number of aryl methyl sites for hydroxylation is 2. The lowest BCUT2D eigenvalue weighted by atomic mass is 9.92. The van der Waals surface area contributed by atoms with E-state index in [9.17, 15) is 14.7 Å². The number of aromatic nitrogens is 2. The Morgan fingerprint density at radius 1 is 1.11 bits per heavy atom. The van der Waals surface area contributed by atoms with Crippen LogP contribution in [-0.4, -0.2) is 57.2 Å². The van der Waals surface area contributed by atoms with Crippen LogP contribution in [0.2, 0.25) is 0 Å². The number of hydrogen-bond donors (Lipinski definition) is 7. The fourth-order valence-electron chi connectivity index (χ4n) is 6.78. The zero-order valence-electron chi connectivity index (χ0n) is 27.4. The molecule has 0 bridgehead atoms. The highest BCUT2D eigenvalue weighted by molar-refractivity contribution is 5.99. The number of hydrogen-bond acceptors (Lipinski definition) is 9. The first-order valence-corrected chi connectivity index (χ1v) is 16.2. The largest absolute Gasteiger partial charge is 0.508 e. The number of guanidine groups is 1. The maximum absolute atomic E-state index is 14.6. The molecular weight excluding hydrogens is 598 g/mol. The zero-order chi connectivity index (χ0) is 34.0. The molecule has 5 atom stereocenters. The maximum Gasteiger partial charge on any atom is 0.252 e. The van der Waals surface area contributed by atoms with Crippen LogP contribution in [0.25, 0.3) is 0 Å². The minimum Gasteiger partial charge on any atom is -0.508 e.